The largest absolute Gasteiger partial charge is 0.497 e. The van der Waals surface area contributed by atoms with Gasteiger partial charge in [-0.05, 0) is 49.4 Å². The molecule has 4 nitrogen and oxygen atoms in total. The van der Waals surface area contributed by atoms with E-state index in [1.807, 2.05) is 13.0 Å². The van der Waals surface area contributed by atoms with Gasteiger partial charge < -0.3 is 13.9 Å². The summed E-state index contributed by atoms with van der Waals surface area (Å²) < 4.78 is 17.1. The molecule has 0 N–H and O–H groups in total. The van der Waals surface area contributed by atoms with Crippen LogP contribution in [0.25, 0.3) is 11.0 Å². The van der Waals surface area contributed by atoms with E-state index in [0.29, 0.717) is 17.1 Å². The van der Waals surface area contributed by atoms with Crippen molar-refractivity contribution in [3.8, 4) is 11.5 Å². The molecule has 0 saturated heterocycles. The second-order valence-corrected chi connectivity index (χ2v) is 5.68. The van der Waals surface area contributed by atoms with Gasteiger partial charge in [0.2, 0.25) is 5.76 Å². The number of hydrogen-bond acceptors (Lipinski definition) is 4. The molecule has 0 aliphatic rings. The molecule has 0 spiro atoms. The van der Waals surface area contributed by atoms with Crippen molar-refractivity contribution in [3.63, 3.8) is 0 Å². The number of methoxy groups -OCH3 is 1. The number of esters is 1. The van der Waals surface area contributed by atoms with Crippen LogP contribution >= 0.6 is 15.9 Å². The van der Waals surface area contributed by atoms with Crippen molar-refractivity contribution in [1.29, 1.82) is 0 Å². The Balaban J connectivity index is 1.93. The van der Waals surface area contributed by atoms with Gasteiger partial charge in [0.05, 0.1) is 7.11 Å². The van der Waals surface area contributed by atoms with Gasteiger partial charge in [-0.1, -0.05) is 15.9 Å². The van der Waals surface area contributed by atoms with Crippen molar-refractivity contribution >= 4 is 32.9 Å². The highest BCUT2D eigenvalue weighted by molar-refractivity contribution is 9.10. The van der Waals surface area contributed by atoms with E-state index < -0.39 is 5.97 Å². The SMILES string of the molecule is COc1ccc2oc(C(=O)Oc3ccc(Br)cc3)c(C)c2c1. The quantitative estimate of drug-likeness (QED) is 0.500. The summed E-state index contributed by atoms with van der Waals surface area (Å²) in [7, 11) is 1.60. The van der Waals surface area contributed by atoms with Gasteiger partial charge in [0.25, 0.3) is 0 Å². The Bertz CT molecular complexity index is 834. The summed E-state index contributed by atoms with van der Waals surface area (Å²) in [6.07, 6.45) is 0. The maximum Gasteiger partial charge on any atom is 0.379 e. The molecule has 3 rings (SSSR count). The summed E-state index contributed by atoms with van der Waals surface area (Å²) in [5, 5.41) is 0.835. The average Bonchev–Trinajstić information content (AvgIpc) is 2.86. The fourth-order valence-electron chi connectivity index (χ4n) is 2.18. The number of benzene rings is 2. The monoisotopic (exact) mass is 360 g/mol. The Kier molecular flexibility index (Phi) is 3.90. The van der Waals surface area contributed by atoms with E-state index in [0.717, 1.165) is 15.4 Å². The number of carbonyl (C=O) groups is 1. The van der Waals surface area contributed by atoms with Crippen molar-refractivity contribution in [2.75, 3.05) is 7.11 Å². The topological polar surface area (TPSA) is 48.7 Å². The van der Waals surface area contributed by atoms with Crippen molar-refractivity contribution in [1.82, 2.24) is 0 Å². The Morgan fingerprint density at radius 2 is 1.77 bits per heavy atom. The summed E-state index contributed by atoms with van der Waals surface area (Å²) in [5.41, 5.74) is 1.36. The number of fused-ring (bicyclic) bond motifs is 1. The van der Waals surface area contributed by atoms with E-state index >= 15 is 0 Å². The van der Waals surface area contributed by atoms with Crippen LogP contribution in [-0.4, -0.2) is 13.1 Å². The maximum absolute atomic E-state index is 12.3. The standard InChI is InChI=1S/C17H13BrO4/c1-10-14-9-13(20-2)7-8-15(14)22-16(10)17(19)21-12-5-3-11(18)4-6-12/h3-9H,1-2H3. The van der Waals surface area contributed by atoms with E-state index in [4.69, 9.17) is 13.9 Å². The predicted molar refractivity (Wildman–Crippen MR) is 86.6 cm³/mol. The minimum atomic E-state index is -0.519. The van der Waals surface area contributed by atoms with Crippen LogP contribution in [0.15, 0.2) is 51.4 Å². The molecule has 0 radical (unpaired) electrons. The van der Waals surface area contributed by atoms with Crippen molar-refractivity contribution < 1.29 is 18.7 Å². The highest BCUT2D eigenvalue weighted by Crippen LogP contribution is 2.29. The second kappa shape index (κ2) is 5.85. The minimum Gasteiger partial charge on any atom is -0.497 e. The molecule has 1 heterocycles. The van der Waals surface area contributed by atoms with Crippen LogP contribution in [0, 0.1) is 6.92 Å². The number of carbonyl (C=O) groups excluding carboxylic acids is 1. The predicted octanol–water partition coefficient (Wildman–Crippen LogP) is 4.73. The fraction of sp³-hybridized carbons (Fsp3) is 0.118. The molecule has 0 unspecified atom stereocenters. The maximum atomic E-state index is 12.3. The fourth-order valence-corrected chi connectivity index (χ4v) is 2.44. The molecule has 22 heavy (non-hydrogen) atoms. The van der Waals surface area contributed by atoms with Gasteiger partial charge in [-0.25, -0.2) is 4.79 Å². The van der Waals surface area contributed by atoms with E-state index in [-0.39, 0.29) is 5.76 Å². The van der Waals surface area contributed by atoms with Gasteiger partial charge in [-0.2, -0.15) is 0 Å². The molecule has 0 saturated carbocycles. The first-order valence-electron chi connectivity index (χ1n) is 6.63. The molecule has 2 aromatic carbocycles. The lowest BCUT2D eigenvalue weighted by Gasteiger charge is -2.02. The highest BCUT2D eigenvalue weighted by Gasteiger charge is 2.20. The lowest BCUT2D eigenvalue weighted by Crippen LogP contribution is -2.08. The molecule has 0 bridgehead atoms. The van der Waals surface area contributed by atoms with Gasteiger partial charge in [0, 0.05) is 15.4 Å². The molecule has 0 fully saturated rings. The van der Waals surface area contributed by atoms with E-state index in [1.54, 1.807) is 43.5 Å². The molecule has 0 aliphatic heterocycles. The highest BCUT2D eigenvalue weighted by atomic mass is 79.9. The van der Waals surface area contributed by atoms with Crippen LogP contribution in [0.5, 0.6) is 11.5 Å². The third kappa shape index (κ3) is 2.72. The van der Waals surface area contributed by atoms with E-state index in [9.17, 15) is 4.79 Å². The van der Waals surface area contributed by atoms with Crippen molar-refractivity contribution in [3.05, 3.63) is 58.3 Å². The third-order valence-electron chi connectivity index (χ3n) is 3.35. The molecule has 0 atom stereocenters. The number of ether oxygens (including phenoxy) is 2. The van der Waals surface area contributed by atoms with Gasteiger partial charge in [-0.3, -0.25) is 0 Å². The Labute approximate surface area is 135 Å². The van der Waals surface area contributed by atoms with Gasteiger partial charge in [0.1, 0.15) is 17.1 Å². The molecular weight excluding hydrogens is 348 g/mol. The van der Waals surface area contributed by atoms with Crippen molar-refractivity contribution in [2.24, 2.45) is 0 Å². The number of aryl methyl sites for hydroxylation is 1. The zero-order chi connectivity index (χ0) is 15.7. The lowest BCUT2D eigenvalue weighted by atomic mass is 10.1. The minimum absolute atomic E-state index is 0.200. The van der Waals surface area contributed by atoms with E-state index in [2.05, 4.69) is 15.9 Å². The summed E-state index contributed by atoms with van der Waals surface area (Å²) in [6, 6.07) is 12.4. The zero-order valence-corrected chi connectivity index (χ0v) is 13.6. The summed E-state index contributed by atoms with van der Waals surface area (Å²) in [5.74, 6) is 0.857. The van der Waals surface area contributed by atoms with Crippen LogP contribution in [0.4, 0.5) is 0 Å². The lowest BCUT2D eigenvalue weighted by molar-refractivity contribution is 0.0703. The Hall–Kier alpha value is -2.27. The van der Waals surface area contributed by atoms with Crippen LogP contribution < -0.4 is 9.47 Å². The average molecular weight is 361 g/mol. The summed E-state index contributed by atoms with van der Waals surface area (Å²) in [6.45, 7) is 1.82. The Morgan fingerprint density at radius 1 is 1.09 bits per heavy atom. The zero-order valence-electron chi connectivity index (χ0n) is 12.1. The first kappa shape index (κ1) is 14.7. The number of halogens is 1. The first-order valence-corrected chi connectivity index (χ1v) is 7.42. The van der Waals surface area contributed by atoms with Crippen molar-refractivity contribution in [2.45, 2.75) is 6.92 Å². The van der Waals surface area contributed by atoms with Crippen LogP contribution in [0.2, 0.25) is 0 Å². The third-order valence-corrected chi connectivity index (χ3v) is 3.88. The van der Waals surface area contributed by atoms with Crippen LogP contribution in [0.3, 0.4) is 0 Å². The number of rotatable bonds is 3. The summed E-state index contributed by atoms with van der Waals surface area (Å²) in [4.78, 5) is 12.3. The number of furan rings is 1. The Morgan fingerprint density at radius 3 is 2.45 bits per heavy atom. The van der Waals surface area contributed by atoms with E-state index in [1.165, 1.54) is 0 Å². The molecule has 5 heteroatoms. The molecule has 0 amide bonds. The number of hydrogen-bond donors (Lipinski definition) is 0. The molecule has 3 aromatic rings. The molecule has 0 aliphatic carbocycles. The van der Waals surface area contributed by atoms with Crippen LogP contribution in [0.1, 0.15) is 16.1 Å². The second-order valence-electron chi connectivity index (χ2n) is 4.76. The molecular formula is C17H13BrO4. The van der Waals surface area contributed by atoms with Gasteiger partial charge >= 0.3 is 5.97 Å². The summed E-state index contributed by atoms with van der Waals surface area (Å²) >= 11 is 3.33. The van der Waals surface area contributed by atoms with Crippen LogP contribution in [-0.2, 0) is 0 Å². The molecule has 112 valence electrons. The van der Waals surface area contributed by atoms with Gasteiger partial charge in [-0.15, -0.1) is 0 Å². The normalized spacial score (nSPS) is 10.7. The molecule has 1 aromatic heterocycles. The first-order chi connectivity index (χ1) is 10.6. The van der Waals surface area contributed by atoms with Gasteiger partial charge in [0.15, 0.2) is 0 Å². The smallest absolute Gasteiger partial charge is 0.379 e.